The number of benzene rings is 1. The van der Waals surface area contributed by atoms with Gasteiger partial charge >= 0.3 is 6.43 Å². The van der Waals surface area contributed by atoms with E-state index in [9.17, 15) is 23.1 Å². The van der Waals surface area contributed by atoms with Crippen LogP contribution in [0.4, 0.5) is 13.2 Å². The molecule has 1 atom stereocenters. The number of carbonyl (C=O) groups excluding carboxylic acids is 1. The molecular formula is C19H22F3N3O2. The molecule has 1 aromatic heterocycles. The SMILES string of the molecule is CCNCc1ccc(-c2ccc(C[C@@](O)(CF)NC(=O)C(F)F)cc2)cn1. The number of hydrogen-bond donors (Lipinski definition) is 3. The molecule has 5 nitrogen and oxygen atoms in total. The van der Waals surface area contributed by atoms with Gasteiger partial charge in [0.1, 0.15) is 6.67 Å². The van der Waals surface area contributed by atoms with Crippen LogP contribution in [0.2, 0.25) is 0 Å². The highest BCUT2D eigenvalue weighted by Gasteiger charge is 2.32. The molecule has 0 unspecified atom stereocenters. The maximum atomic E-state index is 13.1. The first-order valence-corrected chi connectivity index (χ1v) is 8.50. The second-order valence-corrected chi connectivity index (χ2v) is 6.15. The number of amides is 1. The second kappa shape index (κ2) is 9.48. The average molecular weight is 381 g/mol. The molecule has 1 amide bonds. The third kappa shape index (κ3) is 6.04. The zero-order chi connectivity index (χ0) is 19.9. The first kappa shape index (κ1) is 20.9. The summed E-state index contributed by atoms with van der Waals surface area (Å²) in [5, 5.41) is 14.8. The molecule has 0 aliphatic rings. The fraction of sp³-hybridized carbons (Fsp3) is 0.368. The van der Waals surface area contributed by atoms with Crippen molar-refractivity contribution in [2.24, 2.45) is 0 Å². The molecule has 0 radical (unpaired) electrons. The number of nitrogens with zero attached hydrogens (tertiary/aromatic N) is 1. The lowest BCUT2D eigenvalue weighted by atomic mass is 10.00. The average Bonchev–Trinajstić information content (AvgIpc) is 2.67. The number of aromatic nitrogens is 1. The van der Waals surface area contributed by atoms with Crippen molar-refractivity contribution in [2.75, 3.05) is 13.2 Å². The highest BCUT2D eigenvalue weighted by atomic mass is 19.3. The Kier molecular flexibility index (Phi) is 7.32. The quantitative estimate of drug-likeness (QED) is 0.584. The summed E-state index contributed by atoms with van der Waals surface area (Å²) >= 11 is 0. The van der Waals surface area contributed by atoms with Crippen molar-refractivity contribution in [2.45, 2.75) is 32.0 Å². The molecule has 0 fully saturated rings. The highest BCUT2D eigenvalue weighted by Crippen LogP contribution is 2.21. The zero-order valence-electron chi connectivity index (χ0n) is 14.9. The first-order valence-electron chi connectivity index (χ1n) is 8.50. The van der Waals surface area contributed by atoms with Crippen LogP contribution in [0.15, 0.2) is 42.6 Å². The van der Waals surface area contributed by atoms with Crippen molar-refractivity contribution in [3.8, 4) is 11.1 Å². The number of aliphatic hydroxyl groups is 1. The fourth-order valence-electron chi connectivity index (χ4n) is 2.51. The second-order valence-electron chi connectivity index (χ2n) is 6.15. The van der Waals surface area contributed by atoms with Gasteiger partial charge in [0.2, 0.25) is 0 Å². The lowest BCUT2D eigenvalue weighted by Crippen LogP contribution is -2.53. The molecule has 1 aromatic carbocycles. The zero-order valence-corrected chi connectivity index (χ0v) is 14.9. The van der Waals surface area contributed by atoms with Gasteiger partial charge < -0.3 is 15.7 Å². The van der Waals surface area contributed by atoms with Gasteiger partial charge in [-0.15, -0.1) is 0 Å². The maximum absolute atomic E-state index is 13.1. The fourth-order valence-corrected chi connectivity index (χ4v) is 2.51. The summed E-state index contributed by atoms with van der Waals surface area (Å²) < 4.78 is 37.7. The molecule has 0 spiro atoms. The molecule has 2 rings (SSSR count). The third-order valence-electron chi connectivity index (χ3n) is 3.94. The van der Waals surface area contributed by atoms with E-state index in [1.54, 1.807) is 35.8 Å². The maximum Gasteiger partial charge on any atom is 0.315 e. The Morgan fingerprint density at radius 1 is 1.19 bits per heavy atom. The molecule has 146 valence electrons. The van der Waals surface area contributed by atoms with Crippen molar-refractivity contribution in [1.29, 1.82) is 0 Å². The summed E-state index contributed by atoms with van der Waals surface area (Å²) in [6.07, 6.45) is -1.92. The summed E-state index contributed by atoms with van der Waals surface area (Å²) in [5.74, 6) is -1.71. The minimum Gasteiger partial charge on any atom is -0.368 e. The molecule has 2 aromatic rings. The van der Waals surface area contributed by atoms with Crippen LogP contribution in [0.25, 0.3) is 11.1 Å². The minimum absolute atomic E-state index is 0.331. The van der Waals surface area contributed by atoms with Gasteiger partial charge in [-0.2, -0.15) is 8.78 Å². The predicted molar refractivity (Wildman–Crippen MR) is 95.8 cm³/mol. The molecule has 0 saturated heterocycles. The smallest absolute Gasteiger partial charge is 0.315 e. The van der Waals surface area contributed by atoms with Gasteiger partial charge in [-0.25, -0.2) is 4.39 Å². The topological polar surface area (TPSA) is 74.2 Å². The van der Waals surface area contributed by atoms with E-state index in [4.69, 9.17) is 0 Å². The van der Waals surface area contributed by atoms with Gasteiger partial charge in [-0.05, 0) is 23.7 Å². The van der Waals surface area contributed by atoms with E-state index in [0.29, 0.717) is 12.1 Å². The number of nitrogens with one attached hydrogen (secondary N) is 2. The Labute approximate surface area is 155 Å². The summed E-state index contributed by atoms with van der Waals surface area (Å²) in [6.45, 7) is 2.17. The van der Waals surface area contributed by atoms with E-state index in [2.05, 4.69) is 10.3 Å². The van der Waals surface area contributed by atoms with Gasteiger partial charge in [0.15, 0.2) is 5.72 Å². The van der Waals surface area contributed by atoms with Gasteiger partial charge in [-0.1, -0.05) is 37.3 Å². The van der Waals surface area contributed by atoms with Crippen LogP contribution in [0.5, 0.6) is 0 Å². The lowest BCUT2D eigenvalue weighted by molar-refractivity contribution is -0.140. The monoisotopic (exact) mass is 381 g/mol. The van der Waals surface area contributed by atoms with Gasteiger partial charge in [0.05, 0.1) is 5.69 Å². The Bertz CT molecular complexity index is 739. The Balaban J connectivity index is 2.06. The van der Waals surface area contributed by atoms with Gasteiger partial charge in [0.25, 0.3) is 5.91 Å². The molecule has 3 N–H and O–H groups in total. The minimum atomic E-state index is -3.33. The largest absolute Gasteiger partial charge is 0.368 e. The van der Waals surface area contributed by atoms with Crippen LogP contribution in [0.3, 0.4) is 0 Å². The van der Waals surface area contributed by atoms with Crippen LogP contribution in [-0.4, -0.2) is 41.4 Å². The van der Waals surface area contributed by atoms with E-state index in [1.165, 1.54) is 0 Å². The molecule has 0 aliphatic heterocycles. The van der Waals surface area contributed by atoms with Crippen LogP contribution < -0.4 is 10.6 Å². The van der Waals surface area contributed by atoms with Crippen molar-refractivity contribution in [1.82, 2.24) is 15.6 Å². The number of rotatable bonds is 9. The van der Waals surface area contributed by atoms with E-state index in [1.807, 2.05) is 19.1 Å². The highest BCUT2D eigenvalue weighted by molar-refractivity contribution is 5.79. The molecule has 1 heterocycles. The van der Waals surface area contributed by atoms with Crippen molar-refractivity contribution < 1.29 is 23.1 Å². The van der Waals surface area contributed by atoms with Crippen LogP contribution >= 0.6 is 0 Å². The predicted octanol–water partition coefficient (Wildman–Crippen LogP) is 2.44. The Hall–Kier alpha value is -2.45. The molecule has 0 aliphatic carbocycles. The summed E-state index contributed by atoms with van der Waals surface area (Å²) in [7, 11) is 0. The van der Waals surface area contributed by atoms with Gasteiger partial charge in [0, 0.05) is 24.7 Å². The number of alkyl halides is 3. The van der Waals surface area contributed by atoms with E-state index >= 15 is 0 Å². The van der Waals surface area contributed by atoms with Crippen molar-refractivity contribution in [3.05, 3.63) is 53.9 Å². The Morgan fingerprint density at radius 2 is 1.85 bits per heavy atom. The van der Waals surface area contributed by atoms with E-state index in [0.717, 1.165) is 23.4 Å². The number of pyridine rings is 1. The van der Waals surface area contributed by atoms with E-state index in [-0.39, 0.29) is 6.42 Å². The van der Waals surface area contributed by atoms with E-state index < -0.39 is 24.7 Å². The van der Waals surface area contributed by atoms with Crippen LogP contribution in [0, 0.1) is 0 Å². The van der Waals surface area contributed by atoms with Crippen LogP contribution in [0.1, 0.15) is 18.2 Å². The molecule has 27 heavy (non-hydrogen) atoms. The molecule has 8 heteroatoms. The number of carbonyl (C=O) groups is 1. The number of hydrogen-bond acceptors (Lipinski definition) is 4. The number of halogens is 3. The summed E-state index contributed by atoms with van der Waals surface area (Å²) in [6, 6.07) is 10.6. The van der Waals surface area contributed by atoms with Gasteiger partial charge in [-0.3, -0.25) is 9.78 Å². The van der Waals surface area contributed by atoms with Crippen molar-refractivity contribution >= 4 is 5.91 Å². The molecular weight excluding hydrogens is 359 g/mol. The summed E-state index contributed by atoms with van der Waals surface area (Å²) in [4.78, 5) is 15.4. The van der Waals surface area contributed by atoms with Crippen molar-refractivity contribution in [3.63, 3.8) is 0 Å². The standard InChI is InChI=1S/C19H22F3N3O2/c1-2-23-11-16-8-7-15(10-24-16)14-5-3-13(4-6-14)9-19(27,12-20)25-18(26)17(21)22/h3-8,10,17,23,27H,2,9,11-12H2,1H3,(H,25,26)/t19-/m1/s1. The molecule has 0 bridgehead atoms. The van der Waals surface area contributed by atoms with Crippen LogP contribution in [-0.2, 0) is 17.8 Å². The first-order chi connectivity index (χ1) is 12.9. The Morgan fingerprint density at radius 3 is 2.37 bits per heavy atom. The third-order valence-corrected chi connectivity index (χ3v) is 3.94. The normalized spacial score (nSPS) is 13.4. The summed E-state index contributed by atoms with van der Waals surface area (Å²) in [5.41, 5.74) is 0.783. The lowest BCUT2D eigenvalue weighted by Gasteiger charge is -2.26. The molecule has 0 saturated carbocycles.